The molecule has 124 valence electrons. The Morgan fingerprint density at radius 1 is 1.30 bits per heavy atom. The normalized spacial score (nSPS) is 17.7. The van der Waals surface area contributed by atoms with Gasteiger partial charge in [0.05, 0.1) is 12.6 Å². The molecular weight excluding hydrogens is 328 g/mol. The number of benzene rings is 1. The number of hydrogen-bond donors (Lipinski definition) is 1. The summed E-state index contributed by atoms with van der Waals surface area (Å²) in [6.07, 6.45) is 1.16. The van der Waals surface area contributed by atoms with Crippen LogP contribution in [0.5, 0.6) is 5.75 Å². The van der Waals surface area contributed by atoms with Crippen LogP contribution >= 0.6 is 22.9 Å². The van der Waals surface area contributed by atoms with E-state index in [0.29, 0.717) is 6.61 Å². The van der Waals surface area contributed by atoms with E-state index in [4.69, 9.17) is 16.3 Å². The smallest absolute Gasteiger partial charge is 0.124 e. The summed E-state index contributed by atoms with van der Waals surface area (Å²) in [5.41, 5.74) is 1.17. The second kappa shape index (κ2) is 8.15. The fraction of sp³-hybridized carbons (Fsp3) is 0.444. The molecule has 5 heteroatoms. The molecule has 1 aliphatic heterocycles. The van der Waals surface area contributed by atoms with Crippen LogP contribution in [0.4, 0.5) is 0 Å². The van der Waals surface area contributed by atoms with Crippen molar-refractivity contribution < 1.29 is 4.74 Å². The molecule has 3 rings (SSSR count). The van der Waals surface area contributed by atoms with Crippen molar-refractivity contribution in [1.82, 2.24) is 10.2 Å². The average Bonchev–Trinajstić information content (AvgIpc) is 2.93. The molecule has 1 N–H and O–H groups in total. The number of thiophene rings is 1. The Balaban J connectivity index is 2.02. The maximum absolute atomic E-state index is 6.31. The molecule has 2 heterocycles. The first kappa shape index (κ1) is 16.8. The highest BCUT2D eigenvalue weighted by molar-refractivity contribution is 7.10. The highest BCUT2D eigenvalue weighted by Crippen LogP contribution is 2.38. The van der Waals surface area contributed by atoms with Gasteiger partial charge in [-0.25, -0.2) is 0 Å². The maximum Gasteiger partial charge on any atom is 0.124 e. The van der Waals surface area contributed by atoms with Crippen molar-refractivity contribution in [3.05, 3.63) is 51.2 Å². The largest absolute Gasteiger partial charge is 0.494 e. The van der Waals surface area contributed by atoms with Crippen molar-refractivity contribution in [2.24, 2.45) is 0 Å². The van der Waals surface area contributed by atoms with E-state index in [1.54, 1.807) is 11.3 Å². The van der Waals surface area contributed by atoms with Gasteiger partial charge < -0.3 is 10.1 Å². The first-order valence-corrected chi connectivity index (χ1v) is 9.45. The quantitative estimate of drug-likeness (QED) is 0.875. The first-order chi connectivity index (χ1) is 11.3. The van der Waals surface area contributed by atoms with Crippen molar-refractivity contribution in [3.8, 4) is 5.75 Å². The minimum absolute atomic E-state index is 0.204. The monoisotopic (exact) mass is 350 g/mol. The van der Waals surface area contributed by atoms with Gasteiger partial charge in [-0.15, -0.1) is 11.3 Å². The third-order valence-electron chi connectivity index (χ3n) is 4.12. The van der Waals surface area contributed by atoms with Gasteiger partial charge >= 0.3 is 0 Å². The van der Waals surface area contributed by atoms with Crippen molar-refractivity contribution in [2.75, 3.05) is 32.8 Å². The van der Waals surface area contributed by atoms with Gasteiger partial charge in [-0.2, -0.15) is 0 Å². The van der Waals surface area contributed by atoms with Gasteiger partial charge in [0.2, 0.25) is 0 Å². The summed E-state index contributed by atoms with van der Waals surface area (Å²) in [5.74, 6) is 0.938. The molecule has 0 amide bonds. The van der Waals surface area contributed by atoms with Crippen LogP contribution in [0.25, 0.3) is 0 Å². The number of nitrogens with one attached hydrogen (secondary N) is 1. The van der Waals surface area contributed by atoms with E-state index in [1.807, 2.05) is 19.1 Å². The molecular formula is C18H23ClN2OS. The van der Waals surface area contributed by atoms with Gasteiger partial charge in [0.25, 0.3) is 0 Å². The lowest BCUT2D eigenvalue weighted by Gasteiger charge is -2.31. The molecule has 1 aromatic heterocycles. The molecule has 2 aromatic rings. The lowest BCUT2D eigenvalue weighted by Crippen LogP contribution is -2.32. The number of hydrogen-bond acceptors (Lipinski definition) is 4. The molecule has 1 unspecified atom stereocenters. The summed E-state index contributed by atoms with van der Waals surface area (Å²) in [5, 5.41) is 6.39. The molecule has 0 saturated carbocycles. The van der Waals surface area contributed by atoms with Crippen molar-refractivity contribution in [2.45, 2.75) is 19.4 Å². The second-order valence-corrected chi connectivity index (χ2v) is 7.09. The summed E-state index contributed by atoms with van der Waals surface area (Å²) < 4.78 is 5.90. The lowest BCUT2D eigenvalue weighted by molar-refractivity contribution is 0.236. The van der Waals surface area contributed by atoms with Crippen LogP contribution in [0.3, 0.4) is 0 Å². The van der Waals surface area contributed by atoms with Crippen LogP contribution in [0.2, 0.25) is 5.02 Å². The number of ether oxygens (including phenoxy) is 1. The molecule has 0 aliphatic carbocycles. The average molecular weight is 351 g/mol. The van der Waals surface area contributed by atoms with Crippen molar-refractivity contribution >= 4 is 22.9 Å². The molecule has 1 saturated heterocycles. The van der Waals surface area contributed by atoms with E-state index in [2.05, 4.69) is 33.8 Å². The van der Waals surface area contributed by atoms with E-state index in [-0.39, 0.29) is 6.04 Å². The summed E-state index contributed by atoms with van der Waals surface area (Å²) in [7, 11) is 0. The minimum atomic E-state index is 0.204. The predicted octanol–water partition coefficient (Wildman–Crippen LogP) is 4.18. The van der Waals surface area contributed by atoms with Crippen molar-refractivity contribution in [3.63, 3.8) is 0 Å². The van der Waals surface area contributed by atoms with Gasteiger partial charge in [0.15, 0.2) is 0 Å². The van der Waals surface area contributed by atoms with E-state index in [9.17, 15) is 0 Å². The Hall–Kier alpha value is -1.07. The highest BCUT2D eigenvalue weighted by atomic mass is 35.5. The molecule has 1 aromatic carbocycles. The third kappa shape index (κ3) is 4.07. The number of nitrogens with zero attached hydrogens (tertiary/aromatic N) is 1. The predicted molar refractivity (Wildman–Crippen MR) is 97.8 cm³/mol. The Morgan fingerprint density at radius 3 is 3.00 bits per heavy atom. The third-order valence-corrected chi connectivity index (χ3v) is 5.28. The molecule has 1 fully saturated rings. The van der Waals surface area contributed by atoms with Crippen LogP contribution in [0, 0.1) is 0 Å². The van der Waals surface area contributed by atoms with Crippen LogP contribution in [0.1, 0.15) is 29.8 Å². The zero-order valence-corrected chi connectivity index (χ0v) is 15.0. The molecule has 0 bridgehead atoms. The molecule has 23 heavy (non-hydrogen) atoms. The van der Waals surface area contributed by atoms with Crippen LogP contribution in [-0.4, -0.2) is 37.7 Å². The molecule has 3 nitrogen and oxygen atoms in total. The van der Waals surface area contributed by atoms with E-state index < -0.39 is 0 Å². The van der Waals surface area contributed by atoms with Crippen LogP contribution in [-0.2, 0) is 0 Å². The fourth-order valence-electron chi connectivity index (χ4n) is 3.12. The Morgan fingerprint density at radius 2 is 2.22 bits per heavy atom. The summed E-state index contributed by atoms with van der Waals surface area (Å²) in [4.78, 5) is 3.88. The SMILES string of the molecule is CCOc1ccc(Cl)cc1C(c1cccs1)N1CCCNCC1. The Kier molecular flexibility index (Phi) is 5.95. The van der Waals surface area contributed by atoms with Gasteiger partial charge in [0.1, 0.15) is 5.75 Å². The Labute approximate surface area is 147 Å². The molecule has 1 atom stereocenters. The van der Waals surface area contributed by atoms with Gasteiger partial charge in [-0.05, 0) is 49.5 Å². The molecule has 1 aliphatic rings. The zero-order valence-electron chi connectivity index (χ0n) is 13.4. The zero-order chi connectivity index (χ0) is 16.1. The van der Waals surface area contributed by atoms with Crippen LogP contribution in [0.15, 0.2) is 35.7 Å². The number of halogens is 1. The fourth-order valence-corrected chi connectivity index (χ4v) is 4.18. The number of rotatable bonds is 5. The second-order valence-electron chi connectivity index (χ2n) is 5.67. The van der Waals surface area contributed by atoms with E-state index in [0.717, 1.165) is 43.4 Å². The lowest BCUT2D eigenvalue weighted by atomic mass is 10.0. The Bertz CT molecular complexity index is 609. The van der Waals surface area contributed by atoms with E-state index >= 15 is 0 Å². The van der Waals surface area contributed by atoms with E-state index in [1.165, 1.54) is 10.4 Å². The van der Waals surface area contributed by atoms with Crippen molar-refractivity contribution in [1.29, 1.82) is 0 Å². The standard InChI is InChI=1S/C18H23ClN2OS/c1-2-22-16-7-6-14(19)13-15(16)18(17-5-3-12-23-17)21-10-4-8-20-9-11-21/h3,5-7,12-13,18,20H,2,4,8-11H2,1H3. The van der Waals surface area contributed by atoms with Gasteiger partial charge in [-0.3, -0.25) is 4.90 Å². The summed E-state index contributed by atoms with van der Waals surface area (Å²) in [6.45, 7) is 6.89. The maximum atomic E-state index is 6.31. The topological polar surface area (TPSA) is 24.5 Å². The summed E-state index contributed by atoms with van der Waals surface area (Å²) >= 11 is 8.11. The minimum Gasteiger partial charge on any atom is -0.494 e. The summed E-state index contributed by atoms with van der Waals surface area (Å²) in [6, 6.07) is 10.5. The van der Waals surface area contributed by atoms with Crippen LogP contribution < -0.4 is 10.1 Å². The van der Waals surface area contributed by atoms with Gasteiger partial charge in [-0.1, -0.05) is 17.7 Å². The highest BCUT2D eigenvalue weighted by Gasteiger charge is 2.27. The molecule has 0 radical (unpaired) electrons. The first-order valence-electron chi connectivity index (χ1n) is 8.20. The molecule has 0 spiro atoms. The van der Waals surface area contributed by atoms with Gasteiger partial charge in [0, 0.05) is 35.1 Å².